The van der Waals surface area contributed by atoms with E-state index in [1.807, 2.05) is 16.6 Å². The molecule has 0 radical (unpaired) electrons. The van der Waals surface area contributed by atoms with Crippen molar-refractivity contribution in [2.24, 2.45) is 5.41 Å². The highest BCUT2D eigenvalue weighted by Crippen LogP contribution is 2.41. The van der Waals surface area contributed by atoms with Gasteiger partial charge in [-0.05, 0) is 32.7 Å². The summed E-state index contributed by atoms with van der Waals surface area (Å²) in [7, 11) is 0. The molecule has 2 saturated heterocycles. The van der Waals surface area contributed by atoms with Crippen molar-refractivity contribution in [3.05, 3.63) is 16.6 Å². The van der Waals surface area contributed by atoms with Crippen LogP contribution in [0.4, 0.5) is 0 Å². The van der Waals surface area contributed by atoms with E-state index in [0.29, 0.717) is 11.9 Å². The summed E-state index contributed by atoms with van der Waals surface area (Å²) in [4.78, 5) is 22.4. The number of piperidine rings is 1. The average Bonchev–Trinajstić information content (AvgIpc) is 2.99. The zero-order valence-corrected chi connectivity index (χ0v) is 13.2. The number of thiazole rings is 1. The molecule has 2 atom stereocenters. The van der Waals surface area contributed by atoms with Crippen LogP contribution in [0.5, 0.6) is 0 Å². The van der Waals surface area contributed by atoms with E-state index in [2.05, 4.69) is 23.7 Å². The summed E-state index contributed by atoms with van der Waals surface area (Å²) >= 11 is 1.63. The molecule has 2 fully saturated rings. The summed E-state index contributed by atoms with van der Waals surface area (Å²) in [6, 6.07) is 0.593. The Balaban J connectivity index is 1.62. The zero-order valence-electron chi connectivity index (χ0n) is 12.3. The average molecular weight is 293 g/mol. The molecule has 0 N–H and O–H groups in total. The molecule has 2 aliphatic heterocycles. The molecule has 3 rings (SSSR count). The van der Waals surface area contributed by atoms with Crippen molar-refractivity contribution >= 4 is 17.2 Å². The molecule has 0 saturated carbocycles. The first-order chi connectivity index (χ1) is 9.64. The lowest BCUT2D eigenvalue weighted by atomic mass is 9.72. The molecule has 3 heterocycles. The van der Waals surface area contributed by atoms with Gasteiger partial charge >= 0.3 is 0 Å². The van der Waals surface area contributed by atoms with E-state index < -0.39 is 0 Å². The Morgan fingerprint density at radius 3 is 3.00 bits per heavy atom. The maximum Gasteiger partial charge on any atom is 0.232 e. The van der Waals surface area contributed by atoms with E-state index in [1.54, 1.807) is 11.3 Å². The number of hydrogen-bond donors (Lipinski definition) is 0. The second-order valence-electron chi connectivity index (χ2n) is 6.24. The number of β-lactam (4-membered cyclic amide) rings is 1. The van der Waals surface area contributed by atoms with Crippen molar-refractivity contribution in [1.82, 2.24) is 14.8 Å². The summed E-state index contributed by atoms with van der Waals surface area (Å²) in [6.45, 7) is 8.28. The normalized spacial score (nSPS) is 28.7. The third kappa shape index (κ3) is 2.37. The van der Waals surface area contributed by atoms with Gasteiger partial charge in [-0.3, -0.25) is 14.7 Å². The Bertz CT molecular complexity index is 475. The van der Waals surface area contributed by atoms with Crippen LogP contribution in [0.25, 0.3) is 0 Å². The minimum absolute atomic E-state index is 0.0770. The molecule has 0 bridgehead atoms. The fourth-order valence-corrected chi connectivity index (χ4v) is 4.10. The summed E-state index contributed by atoms with van der Waals surface area (Å²) in [6.07, 6.45) is 5.26. The van der Waals surface area contributed by atoms with Gasteiger partial charge in [0.15, 0.2) is 0 Å². The van der Waals surface area contributed by atoms with E-state index in [9.17, 15) is 4.79 Å². The number of likely N-dealkylation sites (tertiary alicyclic amines) is 2. The summed E-state index contributed by atoms with van der Waals surface area (Å²) in [5.74, 6) is 0.360. The van der Waals surface area contributed by atoms with Crippen LogP contribution in [-0.2, 0) is 11.3 Å². The zero-order chi connectivity index (χ0) is 14.2. The highest BCUT2D eigenvalue weighted by atomic mass is 32.1. The quantitative estimate of drug-likeness (QED) is 0.800. The Morgan fingerprint density at radius 1 is 1.50 bits per heavy atom. The van der Waals surface area contributed by atoms with Crippen LogP contribution in [0, 0.1) is 5.41 Å². The van der Waals surface area contributed by atoms with Crippen LogP contribution in [0.15, 0.2) is 11.7 Å². The molecule has 110 valence electrons. The fraction of sp³-hybridized carbons (Fsp3) is 0.733. The van der Waals surface area contributed by atoms with Gasteiger partial charge in [0.1, 0.15) is 0 Å². The molecule has 2 aliphatic rings. The molecule has 5 heteroatoms. The standard InChI is InChI=1S/C15H23N3OS/c1-3-12(2)17-6-4-5-15(9-17)10-18(14(15)19)8-13-7-16-11-20-13/h7,11-12H,3-6,8-10H2,1-2H3/t12-,15-/m0/s1. The summed E-state index contributed by atoms with van der Waals surface area (Å²) < 4.78 is 0. The van der Waals surface area contributed by atoms with Crippen molar-refractivity contribution in [1.29, 1.82) is 0 Å². The smallest absolute Gasteiger partial charge is 0.232 e. The highest BCUT2D eigenvalue weighted by Gasteiger charge is 2.53. The largest absolute Gasteiger partial charge is 0.336 e. The Hall–Kier alpha value is -0.940. The summed E-state index contributed by atoms with van der Waals surface area (Å²) in [5.41, 5.74) is 1.76. The van der Waals surface area contributed by atoms with Crippen molar-refractivity contribution in [3.63, 3.8) is 0 Å². The minimum atomic E-state index is -0.0770. The molecule has 1 aromatic heterocycles. The van der Waals surface area contributed by atoms with E-state index in [4.69, 9.17) is 0 Å². The topological polar surface area (TPSA) is 36.4 Å². The lowest BCUT2D eigenvalue weighted by Gasteiger charge is -2.54. The SMILES string of the molecule is CC[C@H](C)N1CCC[C@@]2(CN(Cc3cncs3)C2=O)C1. The number of amides is 1. The predicted octanol–water partition coefficient (Wildman–Crippen LogP) is 2.37. The minimum Gasteiger partial charge on any atom is -0.336 e. The second kappa shape index (κ2) is 5.45. The van der Waals surface area contributed by atoms with Crippen LogP contribution in [-0.4, -0.2) is 46.4 Å². The van der Waals surface area contributed by atoms with Gasteiger partial charge in [-0.25, -0.2) is 0 Å². The van der Waals surface area contributed by atoms with Crippen LogP contribution in [0.1, 0.15) is 38.0 Å². The Morgan fingerprint density at radius 2 is 2.35 bits per heavy atom. The van der Waals surface area contributed by atoms with Crippen LogP contribution >= 0.6 is 11.3 Å². The first kappa shape index (κ1) is 14.0. The Labute approximate surface area is 124 Å². The maximum atomic E-state index is 12.6. The van der Waals surface area contributed by atoms with E-state index in [-0.39, 0.29) is 5.41 Å². The third-order valence-electron chi connectivity index (χ3n) is 4.89. The monoisotopic (exact) mass is 293 g/mol. The fourth-order valence-electron chi connectivity index (χ4n) is 3.49. The van der Waals surface area contributed by atoms with Crippen LogP contribution in [0.2, 0.25) is 0 Å². The van der Waals surface area contributed by atoms with Gasteiger partial charge < -0.3 is 4.90 Å². The van der Waals surface area contributed by atoms with Gasteiger partial charge in [-0.15, -0.1) is 11.3 Å². The van der Waals surface area contributed by atoms with Gasteiger partial charge in [-0.1, -0.05) is 6.92 Å². The first-order valence-corrected chi connectivity index (χ1v) is 8.43. The summed E-state index contributed by atoms with van der Waals surface area (Å²) in [5, 5.41) is 0. The molecule has 1 amide bonds. The number of rotatable bonds is 4. The van der Waals surface area contributed by atoms with E-state index in [1.165, 1.54) is 4.88 Å². The van der Waals surface area contributed by atoms with Crippen molar-refractivity contribution < 1.29 is 4.79 Å². The number of hydrogen-bond acceptors (Lipinski definition) is 4. The van der Waals surface area contributed by atoms with E-state index in [0.717, 1.165) is 45.4 Å². The van der Waals surface area contributed by atoms with Gasteiger partial charge in [0.25, 0.3) is 0 Å². The van der Waals surface area contributed by atoms with Gasteiger partial charge in [-0.2, -0.15) is 0 Å². The van der Waals surface area contributed by atoms with Crippen molar-refractivity contribution in [2.45, 2.75) is 45.7 Å². The molecular formula is C15H23N3OS. The molecular weight excluding hydrogens is 270 g/mol. The lowest BCUT2D eigenvalue weighted by Crippen LogP contribution is -2.67. The number of carbonyl (C=O) groups excluding carboxylic acids is 1. The molecule has 1 spiro atoms. The third-order valence-corrected chi connectivity index (χ3v) is 5.65. The second-order valence-corrected chi connectivity index (χ2v) is 7.21. The van der Waals surface area contributed by atoms with Crippen LogP contribution < -0.4 is 0 Å². The lowest BCUT2D eigenvalue weighted by molar-refractivity contribution is -0.168. The first-order valence-electron chi connectivity index (χ1n) is 7.55. The molecule has 20 heavy (non-hydrogen) atoms. The number of carbonyl (C=O) groups is 1. The molecule has 0 aliphatic carbocycles. The molecule has 0 unspecified atom stereocenters. The Kier molecular flexibility index (Phi) is 3.82. The van der Waals surface area contributed by atoms with Gasteiger partial charge in [0.2, 0.25) is 5.91 Å². The number of aromatic nitrogens is 1. The van der Waals surface area contributed by atoms with Gasteiger partial charge in [0.05, 0.1) is 17.5 Å². The molecule has 4 nitrogen and oxygen atoms in total. The van der Waals surface area contributed by atoms with Gasteiger partial charge in [0, 0.05) is 30.2 Å². The number of nitrogens with zero attached hydrogens (tertiary/aromatic N) is 3. The molecule has 0 aromatic carbocycles. The van der Waals surface area contributed by atoms with Crippen molar-refractivity contribution in [2.75, 3.05) is 19.6 Å². The van der Waals surface area contributed by atoms with Crippen molar-refractivity contribution in [3.8, 4) is 0 Å². The van der Waals surface area contributed by atoms with Crippen LogP contribution in [0.3, 0.4) is 0 Å². The predicted molar refractivity (Wildman–Crippen MR) is 80.5 cm³/mol. The van der Waals surface area contributed by atoms with E-state index >= 15 is 0 Å². The maximum absolute atomic E-state index is 12.6. The highest BCUT2D eigenvalue weighted by molar-refractivity contribution is 7.09. The molecule has 1 aromatic rings.